The molecule has 0 aliphatic rings. The molecule has 3 aromatic rings. The number of non-ortho nitro benzene ring substituents is 1. The third-order valence-corrected chi connectivity index (χ3v) is 4.89. The first-order valence-corrected chi connectivity index (χ1v) is 9.89. The van der Waals surface area contributed by atoms with Gasteiger partial charge >= 0.3 is 0 Å². The van der Waals surface area contributed by atoms with Gasteiger partial charge in [0.15, 0.2) is 5.69 Å². The van der Waals surface area contributed by atoms with E-state index in [2.05, 4.69) is 38.1 Å². The Morgan fingerprint density at radius 1 is 1.32 bits per heavy atom. The van der Waals surface area contributed by atoms with Crippen molar-refractivity contribution >= 4 is 33.7 Å². The Morgan fingerprint density at radius 3 is 2.74 bits per heavy atom. The van der Waals surface area contributed by atoms with Crippen molar-refractivity contribution in [1.82, 2.24) is 15.2 Å². The second-order valence-corrected chi connectivity index (χ2v) is 7.35. The standard InChI is InChI=1S/C21H18BrN5O4/c1-2-4-15-5-3-6-16(20(15)28)11-23-24-21(29)19-18(22)13-26(25-19)12-14-7-9-17(10-8-14)27(30)31/h2-3,5-11,13,28H,1,4,12H2,(H,24,29)/b23-11-. The average Bonchev–Trinajstić information content (AvgIpc) is 3.11. The number of nitro benzene ring substituents is 1. The molecule has 31 heavy (non-hydrogen) atoms. The lowest BCUT2D eigenvalue weighted by molar-refractivity contribution is -0.384. The van der Waals surface area contributed by atoms with Gasteiger partial charge in [-0.1, -0.05) is 30.3 Å². The molecule has 0 bridgehead atoms. The highest BCUT2D eigenvalue weighted by molar-refractivity contribution is 9.10. The first kappa shape index (κ1) is 21.9. The molecule has 2 aromatic carbocycles. The van der Waals surface area contributed by atoms with E-state index in [1.54, 1.807) is 42.6 Å². The molecule has 10 heteroatoms. The van der Waals surface area contributed by atoms with Gasteiger partial charge in [0.25, 0.3) is 11.6 Å². The molecule has 0 saturated carbocycles. The molecule has 0 radical (unpaired) electrons. The fourth-order valence-electron chi connectivity index (χ4n) is 2.79. The van der Waals surface area contributed by atoms with Gasteiger partial charge in [-0.3, -0.25) is 19.6 Å². The number of rotatable bonds is 8. The van der Waals surface area contributed by atoms with Gasteiger partial charge in [-0.15, -0.1) is 6.58 Å². The minimum atomic E-state index is -0.535. The summed E-state index contributed by atoms with van der Waals surface area (Å²) in [4.78, 5) is 22.7. The van der Waals surface area contributed by atoms with Gasteiger partial charge in [0.05, 0.1) is 22.2 Å². The number of halogens is 1. The van der Waals surface area contributed by atoms with Crippen molar-refractivity contribution in [3.8, 4) is 5.75 Å². The third kappa shape index (κ3) is 5.43. The number of carbonyl (C=O) groups excluding carboxylic acids is 1. The molecule has 0 fully saturated rings. The zero-order valence-electron chi connectivity index (χ0n) is 16.2. The molecule has 1 heterocycles. The van der Waals surface area contributed by atoms with E-state index in [0.717, 1.165) is 5.56 Å². The highest BCUT2D eigenvalue weighted by Gasteiger charge is 2.15. The van der Waals surface area contributed by atoms with Crippen molar-refractivity contribution < 1.29 is 14.8 Å². The number of aromatic nitrogens is 2. The molecule has 0 aliphatic heterocycles. The first-order chi connectivity index (χ1) is 14.9. The van der Waals surface area contributed by atoms with Crippen LogP contribution in [0, 0.1) is 10.1 Å². The molecule has 1 aromatic heterocycles. The summed E-state index contributed by atoms with van der Waals surface area (Å²) in [7, 11) is 0. The SMILES string of the molecule is C=CCc1cccc(/C=N\NC(=O)c2nn(Cc3ccc([N+](=O)[O-])cc3)cc2Br)c1O. The van der Waals surface area contributed by atoms with E-state index in [4.69, 9.17) is 0 Å². The monoisotopic (exact) mass is 483 g/mol. The van der Waals surface area contributed by atoms with Crippen LogP contribution in [-0.4, -0.2) is 31.9 Å². The summed E-state index contributed by atoms with van der Waals surface area (Å²) in [6.45, 7) is 3.98. The van der Waals surface area contributed by atoms with Crippen LogP contribution in [-0.2, 0) is 13.0 Å². The summed E-state index contributed by atoms with van der Waals surface area (Å²) in [5.41, 5.74) is 4.47. The maximum absolute atomic E-state index is 12.4. The van der Waals surface area contributed by atoms with Gasteiger partial charge < -0.3 is 5.11 Å². The Morgan fingerprint density at radius 2 is 2.06 bits per heavy atom. The number of phenols is 1. The Hall–Kier alpha value is -3.79. The maximum atomic E-state index is 12.4. The Bertz CT molecular complexity index is 1160. The number of nitro groups is 1. The Kier molecular flexibility index (Phi) is 6.93. The number of hydrogen-bond donors (Lipinski definition) is 2. The molecular formula is C21H18BrN5O4. The highest BCUT2D eigenvalue weighted by atomic mass is 79.9. The quantitative estimate of drug-likeness (QED) is 0.218. The van der Waals surface area contributed by atoms with E-state index >= 15 is 0 Å². The van der Waals surface area contributed by atoms with Gasteiger partial charge in [0.1, 0.15) is 5.75 Å². The molecule has 9 nitrogen and oxygen atoms in total. The predicted molar refractivity (Wildman–Crippen MR) is 119 cm³/mol. The van der Waals surface area contributed by atoms with Crippen molar-refractivity contribution in [3.05, 3.63) is 98.3 Å². The third-order valence-electron chi connectivity index (χ3n) is 4.31. The lowest BCUT2D eigenvalue weighted by atomic mass is 10.1. The highest BCUT2D eigenvalue weighted by Crippen LogP contribution is 2.22. The number of nitrogens with one attached hydrogen (secondary N) is 1. The van der Waals surface area contributed by atoms with E-state index < -0.39 is 10.8 Å². The Balaban J connectivity index is 1.67. The molecule has 0 saturated heterocycles. The van der Waals surface area contributed by atoms with Crippen molar-refractivity contribution in [2.45, 2.75) is 13.0 Å². The number of hydrazone groups is 1. The minimum Gasteiger partial charge on any atom is -0.507 e. The van der Waals surface area contributed by atoms with Crippen LogP contribution in [0.1, 0.15) is 27.2 Å². The summed E-state index contributed by atoms with van der Waals surface area (Å²) in [6, 6.07) is 11.3. The lowest BCUT2D eigenvalue weighted by Gasteiger charge is -2.04. The van der Waals surface area contributed by atoms with Crippen LogP contribution in [0.4, 0.5) is 5.69 Å². The lowest BCUT2D eigenvalue weighted by Crippen LogP contribution is -2.19. The van der Waals surface area contributed by atoms with E-state index in [0.29, 0.717) is 28.6 Å². The number of para-hydroxylation sites is 1. The van der Waals surface area contributed by atoms with Crippen molar-refractivity contribution in [1.29, 1.82) is 0 Å². The summed E-state index contributed by atoms with van der Waals surface area (Å²) in [5, 5.41) is 29.1. The number of phenolic OH excluding ortho intramolecular Hbond substituents is 1. The number of carbonyl (C=O) groups is 1. The Labute approximate surface area is 186 Å². The van der Waals surface area contributed by atoms with Crippen LogP contribution < -0.4 is 5.43 Å². The summed E-state index contributed by atoms with van der Waals surface area (Å²) < 4.78 is 2.01. The van der Waals surface area contributed by atoms with Crippen LogP contribution in [0.25, 0.3) is 0 Å². The number of hydrogen-bond acceptors (Lipinski definition) is 6. The van der Waals surface area contributed by atoms with E-state index in [1.807, 2.05) is 0 Å². The number of nitrogens with zero attached hydrogens (tertiary/aromatic N) is 4. The summed E-state index contributed by atoms with van der Waals surface area (Å²) in [6.07, 6.45) is 5.17. The van der Waals surface area contributed by atoms with Crippen LogP contribution >= 0.6 is 15.9 Å². The first-order valence-electron chi connectivity index (χ1n) is 9.10. The van der Waals surface area contributed by atoms with Crippen molar-refractivity contribution in [2.24, 2.45) is 5.10 Å². The molecule has 1 amide bonds. The second kappa shape index (κ2) is 9.81. The van der Waals surface area contributed by atoms with E-state index in [-0.39, 0.29) is 17.1 Å². The average molecular weight is 484 g/mol. The topological polar surface area (TPSA) is 123 Å². The number of benzene rings is 2. The largest absolute Gasteiger partial charge is 0.507 e. The van der Waals surface area contributed by atoms with Gasteiger partial charge in [0, 0.05) is 23.9 Å². The zero-order chi connectivity index (χ0) is 22.4. The molecule has 0 spiro atoms. The fraction of sp³-hybridized carbons (Fsp3) is 0.0952. The van der Waals surface area contributed by atoms with Crippen molar-refractivity contribution in [3.63, 3.8) is 0 Å². The molecular weight excluding hydrogens is 466 g/mol. The molecule has 2 N–H and O–H groups in total. The van der Waals surface area contributed by atoms with Gasteiger partial charge in [-0.25, -0.2) is 5.43 Å². The van der Waals surface area contributed by atoms with Crippen LogP contribution in [0.15, 0.2) is 70.9 Å². The predicted octanol–water partition coefficient (Wildman–Crippen LogP) is 3.80. The molecule has 158 valence electrons. The summed E-state index contributed by atoms with van der Waals surface area (Å²) in [5.74, 6) is -0.457. The van der Waals surface area contributed by atoms with Crippen molar-refractivity contribution in [2.75, 3.05) is 0 Å². The maximum Gasteiger partial charge on any atom is 0.293 e. The smallest absolute Gasteiger partial charge is 0.293 e. The number of aromatic hydroxyl groups is 1. The number of allylic oxidation sites excluding steroid dienone is 1. The van der Waals surface area contributed by atoms with Gasteiger partial charge in [0.2, 0.25) is 0 Å². The van der Waals surface area contributed by atoms with Crippen LogP contribution in [0.2, 0.25) is 0 Å². The zero-order valence-corrected chi connectivity index (χ0v) is 17.8. The molecule has 0 aliphatic carbocycles. The second-order valence-electron chi connectivity index (χ2n) is 6.49. The fourth-order valence-corrected chi connectivity index (χ4v) is 3.29. The van der Waals surface area contributed by atoms with Crippen LogP contribution in [0.5, 0.6) is 5.75 Å². The summed E-state index contributed by atoms with van der Waals surface area (Å²) >= 11 is 3.30. The van der Waals surface area contributed by atoms with E-state index in [1.165, 1.54) is 23.0 Å². The normalized spacial score (nSPS) is 10.9. The number of amides is 1. The van der Waals surface area contributed by atoms with E-state index in [9.17, 15) is 20.0 Å². The minimum absolute atomic E-state index is 0.00406. The molecule has 3 rings (SSSR count). The molecule has 0 unspecified atom stereocenters. The molecule has 0 atom stereocenters. The van der Waals surface area contributed by atoms with Gasteiger partial charge in [-0.05, 0) is 39.5 Å². The van der Waals surface area contributed by atoms with Gasteiger partial charge in [-0.2, -0.15) is 10.2 Å². The van der Waals surface area contributed by atoms with Crippen LogP contribution in [0.3, 0.4) is 0 Å².